The van der Waals surface area contributed by atoms with E-state index in [4.69, 9.17) is 16.3 Å². The van der Waals surface area contributed by atoms with E-state index in [9.17, 15) is 9.90 Å². The van der Waals surface area contributed by atoms with Gasteiger partial charge in [0.1, 0.15) is 29.5 Å². The van der Waals surface area contributed by atoms with Gasteiger partial charge in [-0.05, 0) is 47.9 Å². The van der Waals surface area contributed by atoms with Gasteiger partial charge in [-0.15, -0.1) is 6.58 Å². The number of fused-ring (bicyclic) bond motifs is 1. The van der Waals surface area contributed by atoms with Crippen molar-refractivity contribution in [2.24, 2.45) is 0 Å². The van der Waals surface area contributed by atoms with Crippen LogP contribution in [0.4, 0.5) is 0 Å². The van der Waals surface area contributed by atoms with Crippen LogP contribution in [-0.2, 0) is 6.61 Å². The van der Waals surface area contributed by atoms with Gasteiger partial charge in [0.05, 0.1) is 6.04 Å². The molecule has 1 aromatic heterocycles. The van der Waals surface area contributed by atoms with Crippen LogP contribution in [0.3, 0.4) is 0 Å². The zero-order valence-electron chi connectivity index (χ0n) is 19.2. The number of aryl methyl sites for hydroxylation is 1. The highest BCUT2D eigenvalue weighted by atomic mass is 35.5. The molecule has 0 saturated heterocycles. The molecule has 1 aliphatic rings. The van der Waals surface area contributed by atoms with Crippen LogP contribution in [-0.4, -0.2) is 32.7 Å². The van der Waals surface area contributed by atoms with E-state index in [0.717, 1.165) is 22.4 Å². The molecule has 0 saturated carbocycles. The van der Waals surface area contributed by atoms with Crippen LogP contribution >= 0.6 is 11.6 Å². The third kappa shape index (κ3) is 4.17. The maximum absolute atomic E-state index is 13.2. The quantitative estimate of drug-likeness (QED) is 0.312. The highest BCUT2D eigenvalue weighted by Gasteiger charge is 2.42. The van der Waals surface area contributed by atoms with Crippen molar-refractivity contribution in [2.75, 3.05) is 6.54 Å². The Kier molecular flexibility index (Phi) is 6.05. The van der Waals surface area contributed by atoms with Crippen LogP contribution in [0.2, 0.25) is 5.02 Å². The summed E-state index contributed by atoms with van der Waals surface area (Å²) in [4.78, 5) is 15.0. The SMILES string of the molecule is C=CCN1C(=O)c2[nH]nc(-c3cc(Cl)c(C)cc3O)c2C1c1ccc(OCc2ccccc2)cc1. The minimum absolute atomic E-state index is 0.0548. The Bertz CT molecular complexity index is 1400. The number of phenols is 1. The van der Waals surface area contributed by atoms with E-state index >= 15 is 0 Å². The van der Waals surface area contributed by atoms with Gasteiger partial charge in [-0.3, -0.25) is 9.89 Å². The number of rotatable bonds is 7. The average Bonchev–Trinajstić information content (AvgIpc) is 3.40. The molecule has 0 radical (unpaired) electrons. The van der Waals surface area contributed by atoms with E-state index < -0.39 is 6.04 Å². The first-order valence-electron chi connectivity index (χ1n) is 11.2. The molecule has 7 heteroatoms. The first kappa shape index (κ1) is 22.7. The lowest BCUT2D eigenvalue weighted by atomic mass is 9.95. The van der Waals surface area contributed by atoms with E-state index in [1.54, 1.807) is 23.1 Å². The van der Waals surface area contributed by atoms with Crippen molar-refractivity contribution >= 4 is 17.5 Å². The van der Waals surface area contributed by atoms with Crippen molar-refractivity contribution in [3.63, 3.8) is 0 Å². The molecule has 3 aromatic carbocycles. The smallest absolute Gasteiger partial charge is 0.273 e. The number of hydrogen-bond acceptors (Lipinski definition) is 4. The molecule has 1 unspecified atom stereocenters. The minimum atomic E-state index is -0.410. The van der Waals surface area contributed by atoms with Crippen LogP contribution in [0.1, 0.15) is 38.8 Å². The second-order valence-electron chi connectivity index (χ2n) is 8.47. The molecule has 1 atom stereocenters. The number of nitrogens with zero attached hydrogens (tertiary/aromatic N) is 2. The number of amides is 1. The molecule has 1 amide bonds. The summed E-state index contributed by atoms with van der Waals surface area (Å²) in [5, 5.41) is 18.4. The van der Waals surface area contributed by atoms with Gasteiger partial charge in [-0.2, -0.15) is 5.10 Å². The fourth-order valence-electron chi connectivity index (χ4n) is 4.42. The predicted molar refractivity (Wildman–Crippen MR) is 136 cm³/mol. The van der Waals surface area contributed by atoms with Crippen molar-refractivity contribution in [1.29, 1.82) is 0 Å². The minimum Gasteiger partial charge on any atom is -0.507 e. The second kappa shape index (κ2) is 9.31. The Morgan fingerprint density at radius 3 is 2.63 bits per heavy atom. The van der Waals surface area contributed by atoms with Crippen molar-refractivity contribution in [2.45, 2.75) is 19.6 Å². The number of hydrogen-bond donors (Lipinski definition) is 2. The highest BCUT2D eigenvalue weighted by molar-refractivity contribution is 6.31. The fraction of sp³-hybridized carbons (Fsp3) is 0.143. The van der Waals surface area contributed by atoms with Crippen LogP contribution in [0, 0.1) is 6.92 Å². The molecule has 2 N–H and O–H groups in total. The van der Waals surface area contributed by atoms with Gasteiger partial charge in [-0.25, -0.2) is 0 Å². The predicted octanol–water partition coefficient (Wildman–Crippen LogP) is 6.05. The van der Waals surface area contributed by atoms with Gasteiger partial charge in [0.15, 0.2) is 0 Å². The van der Waals surface area contributed by atoms with E-state index in [1.165, 1.54) is 0 Å². The molecule has 0 spiro atoms. The van der Waals surface area contributed by atoms with Crippen LogP contribution < -0.4 is 4.74 Å². The normalized spacial score (nSPS) is 14.7. The van der Waals surface area contributed by atoms with E-state index in [-0.39, 0.29) is 11.7 Å². The number of halogens is 1. The number of ether oxygens (including phenoxy) is 1. The molecule has 176 valence electrons. The number of carbonyl (C=O) groups is 1. The maximum Gasteiger partial charge on any atom is 0.273 e. The van der Waals surface area contributed by atoms with E-state index in [1.807, 2.05) is 61.5 Å². The first-order chi connectivity index (χ1) is 17.0. The number of aromatic amines is 1. The Morgan fingerprint density at radius 1 is 1.17 bits per heavy atom. The summed E-state index contributed by atoms with van der Waals surface area (Å²) in [5.74, 6) is 0.609. The summed E-state index contributed by atoms with van der Waals surface area (Å²) in [6.45, 7) is 6.47. The Morgan fingerprint density at radius 2 is 1.91 bits per heavy atom. The third-order valence-electron chi connectivity index (χ3n) is 6.17. The highest BCUT2D eigenvalue weighted by Crippen LogP contribution is 2.45. The zero-order chi connectivity index (χ0) is 24.5. The zero-order valence-corrected chi connectivity index (χ0v) is 19.9. The van der Waals surface area contributed by atoms with Crippen molar-refractivity contribution < 1.29 is 14.6 Å². The molecule has 0 fully saturated rings. The lowest BCUT2D eigenvalue weighted by molar-refractivity contribution is 0.0764. The number of nitrogens with one attached hydrogen (secondary N) is 1. The fourth-order valence-corrected chi connectivity index (χ4v) is 4.58. The number of phenolic OH excluding ortho intramolecular Hbond substituents is 1. The summed E-state index contributed by atoms with van der Waals surface area (Å²) in [5.41, 5.74) is 4.79. The lowest BCUT2D eigenvalue weighted by Crippen LogP contribution is -2.29. The first-order valence-corrected chi connectivity index (χ1v) is 11.6. The monoisotopic (exact) mass is 485 g/mol. The summed E-state index contributed by atoms with van der Waals surface area (Å²) >= 11 is 6.35. The van der Waals surface area contributed by atoms with Gasteiger partial charge in [0, 0.05) is 22.7 Å². The maximum atomic E-state index is 13.2. The number of benzene rings is 3. The third-order valence-corrected chi connectivity index (χ3v) is 6.57. The molecule has 1 aliphatic heterocycles. The van der Waals surface area contributed by atoms with Crippen molar-refractivity contribution in [3.8, 4) is 22.8 Å². The number of aromatic hydroxyl groups is 1. The van der Waals surface area contributed by atoms with Crippen molar-refractivity contribution in [3.05, 3.63) is 112 Å². The largest absolute Gasteiger partial charge is 0.507 e. The molecule has 4 aromatic rings. The van der Waals surface area contributed by atoms with Crippen LogP contribution in [0.5, 0.6) is 11.5 Å². The summed E-state index contributed by atoms with van der Waals surface area (Å²) in [6, 6.07) is 20.5. The lowest BCUT2D eigenvalue weighted by Gasteiger charge is -2.25. The Labute approximate surface area is 208 Å². The van der Waals surface area contributed by atoms with Gasteiger partial charge >= 0.3 is 0 Å². The number of H-pyrrole nitrogens is 1. The number of aromatic nitrogens is 2. The molecule has 35 heavy (non-hydrogen) atoms. The molecular weight excluding hydrogens is 462 g/mol. The van der Waals surface area contributed by atoms with Gasteiger partial charge in [0.2, 0.25) is 0 Å². The topological polar surface area (TPSA) is 78.5 Å². The van der Waals surface area contributed by atoms with Crippen LogP contribution in [0.15, 0.2) is 79.4 Å². The summed E-state index contributed by atoms with van der Waals surface area (Å²) < 4.78 is 5.93. The van der Waals surface area contributed by atoms with Crippen LogP contribution in [0.25, 0.3) is 11.3 Å². The molecule has 0 bridgehead atoms. The van der Waals surface area contributed by atoms with Gasteiger partial charge in [0.25, 0.3) is 5.91 Å². The molecule has 5 rings (SSSR count). The molecule has 2 heterocycles. The van der Waals surface area contributed by atoms with Gasteiger partial charge in [-0.1, -0.05) is 60.1 Å². The van der Waals surface area contributed by atoms with E-state index in [2.05, 4.69) is 16.8 Å². The van der Waals surface area contributed by atoms with Gasteiger partial charge < -0.3 is 14.7 Å². The Hall–Kier alpha value is -4.03. The summed E-state index contributed by atoms with van der Waals surface area (Å²) in [6.07, 6.45) is 1.70. The molecule has 0 aliphatic carbocycles. The number of carbonyl (C=O) groups excluding carboxylic acids is 1. The van der Waals surface area contributed by atoms with Crippen molar-refractivity contribution in [1.82, 2.24) is 15.1 Å². The average molecular weight is 486 g/mol. The molecular formula is C28H24ClN3O3. The summed E-state index contributed by atoms with van der Waals surface area (Å²) in [7, 11) is 0. The molecule has 6 nitrogen and oxygen atoms in total. The van der Waals surface area contributed by atoms with E-state index in [0.29, 0.717) is 40.7 Å². The Balaban J connectivity index is 1.52. The second-order valence-corrected chi connectivity index (χ2v) is 8.88. The standard InChI is InChI=1S/C28H24ClN3O3/c1-3-13-32-27(19-9-11-20(12-10-19)35-16-18-7-5-4-6-8-18)24-25(30-31-26(24)28(32)34)21-15-22(29)17(2)14-23(21)33/h3-12,14-15,27,33H,1,13,16H2,2H3,(H,30,31).